The molecule has 2 aromatic rings. The van der Waals surface area contributed by atoms with E-state index >= 15 is 0 Å². The molecule has 3 rings (SSSR count). The van der Waals surface area contributed by atoms with E-state index in [0.29, 0.717) is 24.5 Å². The van der Waals surface area contributed by atoms with Gasteiger partial charge in [0.1, 0.15) is 0 Å². The van der Waals surface area contributed by atoms with Crippen molar-refractivity contribution in [1.82, 2.24) is 25.2 Å². The second-order valence-electron chi connectivity index (χ2n) is 8.30. The molecule has 1 N–H and O–H groups in total. The number of likely N-dealkylation sites (tertiary alicyclic amines) is 1. The van der Waals surface area contributed by atoms with Crippen LogP contribution in [0.1, 0.15) is 66.8 Å². The van der Waals surface area contributed by atoms with Crippen LogP contribution in [0.2, 0.25) is 0 Å². The van der Waals surface area contributed by atoms with Crippen LogP contribution < -0.4 is 5.32 Å². The van der Waals surface area contributed by atoms with Gasteiger partial charge in [0.2, 0.25) is 5.91 Å². The summed E-state index contributed by atoms with van der Waals surface area (Å²) in [4.78, 5) is 28.9. The Bertz CT molecular complexity index is 908. The number of carbonyl (C=O) groups is 2. The Morgan fingerprint density at radius 3 is 2.37 bits per heavy atom. The summed E-state index contributed by atoms with van der Waals surface area (Å²) < 4.78 is 0. The van der Waals surface area contributed by atoms with Crippen molar-refractivity contribution in [2.45, 2.75) is 66.3 Å². The SMILES string of the molecule is CCC(CC)C(=O)N1CCC(NC(=O)c2nn(-c3ccc(C)cc3C)nc2C)CC1. The number of piperidine rings is 1. The summed E-state index contributed by atoms with van der Waals surface area (Å²) in [5.41, 5.74) is 4.06. The van der Waals surface area contributed by atoms with Gasteiger partial charge >= 0.3 is 0 Å². The van der Waals surface area contributed by atoms with E-state index in [2.05, 4.69) is 35.4 Å². The normalized spacial score (nSPS) is 14.9. The number of rotatable bonds is 6. The van der Waals surface area contributed by atoms with Gasteiger partial charge in [-0.15, -0.1) is 5.10 Å². The Morgan fingerprint density at radius 2 is 1.77 bits per heavy atom. The molecule has 0 bridgehead atoms. The zero-order valence-corrected chi connectivity index (χ0v) is 18.7. The Hall–Kier alpha value is -2.70. The van der Waals surface area contributed by atoms with E-state index in [0.717, 1.165) is 36.9 Å². The van der Waals surface area contributed by atoms with Gasteiger partial charge < -0.3 is 10.2 Å². The van der Waals surface area contributed by atoms with Gasteiger partial charge in [-0.3, -0.25) is 9.59 Å². The first-order chi connectivity index (χ1) is 14.3. The topological polar surface area (TPSA) is 80.1 Å². The summed E-state index contributed by atoms with van der Waals surface area (Å²) >= 11 is 0. The monoisotopic (exact) mass is 411 g/mol. The molecule has 1 saturated heterocycles. The first-order valence-corrected chi connectivity index (χ1v) is 10.9. The summed E-state index contributed by atoms with van der Waals surface area (Å²) in [6, 6.07) is 6.11. The predicted octanol–water partition coefficient (Wildman–Crippen LogP) is 3.35. The highest BCUT2D eigenvalue weighted by atomic mass is 16.2. The number of hydrogen-bond acceptors (Lipinski definition) is 4. The van der Waals surface area contributed by atoms with E-state index < -0.39 is 0 Å². The summed E-state index contributed by atoms with van der Waals surface area (Å²) in [6.07, 6.45) is 3.28. The summed E-state index contributed by atoms with van der Waals surface area (Å²) in [6.45, 7) is 11.4. The average Bonchev–Trinajstić information content (AvgIpc) is 3.10. The minimum absolute atomic E-state index is 0.0499. The molecule has 7 nitrogen and oxygen atoms in total. The van der Waals surface area contributed by atoms with Crippen molar-refractivity contribution in [3.8, 4) is 5.69 Å². The van der Waals surface area contributed by atoms with Gasteiger partial charge in [-0.1, -0.05) is 31.5 Å². The fraction of sp³-hybridized carbons (Fsp3) is 0.565. The third-order valence-corrected chi connectivity index (χ3v) is 6.04. The van der Waals surface area contributed by atoms with Crippen LogP contribution in [-0.2, 0) is 4.79 Å². The zero-order chi connectivity index (χ0) is 21.8. The summed E-state index contributed by atoms with van der Waals surface area (Å²) in [5.74, 6) is 0.157. The van der Waals surface area contributed by atoms with Crippen molar-refractivity contribution in [1.29, 1.82) is 0 Å². The van der Waals surface area contributed by atoms with E-state index in [1.807, 2.05) is 30.9 Å². The van der Waals surface area contributed by atoms with Crippen LogP contribution in [0, 0.1) is 26.7 Å². The number of aromatic nitrogens is 3. The van der Waals surface area contributed by atoms with Crippen molar-refractivity contribution in [3.63, 3.8) is 0 Å². The van der Waals surface area contributed by atoms with Gasteiger partial charge in [0.25, 0.3) is 5.91 Å². The van der Waals surface area contributed by atoms with E-state index in [1.54, 1.807) is 6.92 Å². The maximum atomic E-state index is 12.8. The van der Waals surface area contributed by atoms with E-state index in [4.69, 9.17) is 0 Å². The molecule has 1 aliphatic rings. The Kier molecular flexibility index (Phi) is 6.90. The van der Waals surface area contributed by atoms with Gasteiger partial charge in [-0.25, -0.2) is 0 Å². The van der Waals surface area contributed by atoms with Crippen molar-refractivity contribution >= 4 is 11.8 Å². The molecule has 0 unspecified atom stereocenters. The average molecular weight is 412 g/mol. The van der Waals surface area contributed by atoms with Crippen molar-refractivity contribution in [2.24, 2.45) is 5.92 Å². The lowest BCUT2D eigenvalue weighted by Gasteiger charge is -2.34. The van der Waals surface area contributed by atoms with E-state index in [-0.39, 0.29) is 23.8 Å². The van der Waals surface area contributed by atoms with Crippen molar-refractivity contribution in [3.05, 3.63) is 40.7 Å². The van der Waals surface area contributed by atoms with Crippen molar-refractivity contribution < 1.29 is 9.59 Å². The van der Waals surface area contributed by atoms with E-state index in [1.165, 1.54) is 10.4 Å². The Balaban J connectivity index is 1.62. The van der Waals surface area contributed by atoms with Crippen LogP contribution in [0.3, 0.4) is 0 Å². The quantitative estimate of drug-likeness (QED) is 0.790. The largest absolute Gasteiger partial charge is 0.348 e. The number of nitrogens with one attached hydrogen (secondary N) is 1. The number of carbonyl (C=O) groups excluding carboxylic acids is 2. The van der Waals surface area contributed by atoms with E-state index in [9.17, 15) is 9.59 Å². The highest BCUT2D eigenvalue weighted by Gasteiger charge is 2.28. The van der Waals surface area contributed by atoms with Gasteiger partial charge in [0.05, 0.1) is 11.4 Å². The summed E-state index contributed by atoms with van der Waals surface area (Å²) in [7, 11) is 0. The van der Waals surface area contributed by atoms with Crippen LogP contribution >= 0.6 is 0 Å². The maximum Gasteiger partial charge on any atom is 0.273 e. The molecule has 1 fully saturated rings. The molecule has 2 amide bonds. The molecule has 162 valence electrons. The van der Waals surface area contributed by atoms with Crippen LogP contribution in [0.4, 0.5) is 0 Å². The fourth-order valence-electron chi connectivity index (χ4n) is 4.12. The third-order valence-electron chi connectivity index (χ3n) is 6.04. The lowest BCUT2D eigenvalue weighted by atomic mass is 9.98. The summed E-state index contributed by atoms with van der Waals surface area (Å²) in [5, 5.41) is 12.0. The maximum absolute atomic E-state index is 12.8. The second-order valence-corrected chi connectivity index (χ2v) is 8.30. The number of nitrogens with zero attached hydrogens (tertiary/aromatic N) is 4. The van der Waals surface area contributed by atoms with Crippen LogP contribution in [-0.4, -0.2) is 50.8 Å². The lowest BCUT2D eigenvalue weighted by Crippen LogP contribution is -2.48. The third kappa shape index (κ3) is 4.71. The molecule has 30 heavy (non-hydrogen) atoms. The van der Waals surface area contributed by atoms with Crippen molar-refractivity contribution in [2.75, 3.05) is 13.1 Å². The van der Waals surface area contributed by atoms with Gasteiger partial charge in [-0.2, -0.15) is 9.90 Å². The molecule has 0 saturated carbocycles. The van der Waals surface area contributed by atoms with Gasteiger partial charge in [0, 0.05) is 25.0 Å². The number of benzene rings is 1. The molecule has 1 aromatic carbocycles. The molecule has 2 heterocycles. The smallest absolute Gasteiger partial charge is 0.273 e. The molecule has 0 aliphatic carbocycles. The minimum Gasteiger partial charge on any atom is -0.348 e. The molecular weight excluding hydrogens is 378 g/mol. The van der Waals surface area contributed by atoms with Crippen LogP contribution in [0.25, 0.3) is 5.69 Å². The molecular formula is C23H33N5O2. The highest BCUT2D eigenvalue weighted by Crippen LogP contribution is 2.19. The predicted molar refractivity (Wildman–Crippen MR) is 117 cm³/mol. The molecule has 1 aliphatic heterocycles. The van der Waals surface area contributed by atoms with Gasteiger partial charge in [0.15, 0.2) is 5.69 Å². The molecule has 0 atom stereocenters. The molecule has 7 heteroatoms. The lowest BCUT2D eigenvalue weighted by molar-refractivity contribution is -0.136. The zero-order valence-electron chi connectivity index (χ0n) is 18.7. The molecule has 0 spiro atoms. The number of hydrogen-bond donors (Lipinski definition) is 1. The molecule has 1 aromatic heterocycles. The fourth-order valence-corrected chi connectivity index (χ4v) is 4.12. The Labute approximate surface area is 178 Å². The Morgan fingerprint density at radius 1 is 1.10 bits per heavy atom. The second kappa shape index (κ2) is 9.41. The first-order valence-electron chi connectivity index (χ1n) is 10.9. The first kappa shape index (κ1) is 22.0. The number of aryl methyl sites for hydroxylation is 3. The minimum atomic E-state index is -0.201. The van der Waals surface area contributed by atoms with Gasteiger partial charge in [-0.05, 0) is 58.1 Å². The van der Waals surface area contributed by atoms with Crippen LogP contribution in [0.15, 0.2) is 18.2 Å². The highest BCUT2D eigenvalue weighted by molar-refractivity contribution is 5.93. The van der Waals surface area contributed by atoms with Crippen LogP contribution in [0.5, 0.6) is 0 Å². The molecule has 0 radical (unpaired) electrons. The standard InChI is InChI=1S/C23H33N5O2/c1-6-18(7-2)23(30)27-12-10-19(11-13-27)24-22(29)21-17(5)25-28(26-21)20-9-8-15(3)14-16(20)4/h8-9,14,18-19H,6-7,10-13H2,1-5H3,(H,24,29). The number of amides is 2.